The summed E-state index contributed by atoms with van der Waals surface area (Å²) < 4.78 is 26.4. The van der Waals surface area contributed by atoms with E-state index in [9.17, 15) is 13.6 Å². The first-order valence-corrected chi connectivity index (χ1v) is 6.57. The molecule has 5 heteroatoms. The molecule has 2 aromatic rings. The monoisotopic (exact) mass is 290 g/mol. The summed E-state index contributed by atoms with van der Waals surface area (Å²) in [6.07, 6.45) is 0.338. The Balaban J connectivity index is 2.46. The van der Waals surface area contributed by atoms with Crippen molar-refractivity contribution in [3.63, 3.8) is 0 Å². The minimum absolute atomic E-state index is 0.338. The summed E-state index contributed by atoms with van der Waals surface area (Å²) >= 11 is 0. The number of carbonyl (C=O) groups excluding carboxylic acids is 1. The van der Waals surface area contributed by atoms with Crippen molar-refractivity contribution in [2.45, 2.75) is 18.9 Å². The zero-order chi connectivity index (χ0) is 15.5. The van der Waals surface area contributed by atoms with E-state index in [1.807, 2.05) is 0 Å². The molecule has 0 aliphatic rings. The average molecular weight is 290 g/mol. The van der Waals surface area contributed by atoms with E-state index in [1.165, 1.54) is 42.5 Å². The molecule has 0 bridgehead atoms. The Hall–Kier alpha value is -2.43. The summed E-state index contributed by atoms with van der Waals surface area (Å²) in [7, 11) is 0. The predicted octanol–water partition coefficient (Wildman–Crippen LogP) is 3.17. The number of rotatable bonds is 5. The molecule has 1 atom stereocenters. The van der Waals surface area contributed by atoms with Gasteiger partial charge in [-0.2, -0.15) is 0 Å². The maximum Gasteiger partial charge on any atom is 0.247 e. The van der Waals surface area contributed by atoms with Crippen molar-refractivity contribution in [2.24, 2.45) is 5.73 Å². The van der Waals surface area contributed by atoms with Crippen molar-refractivity contribution in [2.75, 3.05) is 5.32 Å². The third-order valence-corrected chi connectivity index (χ3v) is 3.47. The van der Waals surface area contributed by atoms with E-state index in [-0.39, 0.29) is 0 Å². The molecule has 3 N–H and O–H groups in total. The number of nitrogens with two attached hydrogens (primary N) is 1. The topological polar surface area (TPSA) is 55.1 Å². The van der Waals surface area contributed by atoms with E-state index in [0.717, 1.165) is 0 Å². The van der Waals surface area contributed by atoms with E-state index in [1.54, 1.807) is 13.0 Å². The van der Waals surface area contributed by atoms with Gasteiger partial charge >= 0.3 is 0 Å². The van der Waals surface area contributed by atoms with Crippen LogP contribution in [0.4, 0.5) is 14.5 Å². The molecule has 110 valence electrons. The fourth-order valence-electron chi connectivity index (χ4n) is 2.29. The van der Waals surface area contributed by atoms with Crippen LogP contribution in [0.25, 0.3) is 0 Å². The lowest BCUT2D eigenvalue weighted by atomic mass is 9.86. The molecule has 2 aromatic carbocycles. The van der Waals surface area contributed by atoms with Crippen molar-refractivity contribution in [3.05, 3.63) is 65.7 Å². The van der Waals surface area contributed by atoms with Gasteiger partial charge in [0.25, 0.3) is 0 Å². The predicted molar refractivity (Wildman–Crippen MR) is 77.6 cm³/mol. The van der Waals surface area contributed by atoms with E-state index >= 15 is 0 Å². The Kier molecular flexibility index (Phi) is 4.21. The van der Waals surface area contributed by atoms with Crippen LogP contribution in [-0.2, 0) is 10.3 Å². The van der Waals surface area contributed by atoms with Crippen molar-refractivity contribution in [3.8, 4) is 0 Å². The Morgan fingerprint density at radius 3 is 2.33 bits per heavy atom. The van der Waals surface area contributed by atoms with Gasteiger partial charge < -0.3 is 11.1 Å². The SMILES string of the molecule is CCC(Nc1cccc(F)c1)(C(N)=O)c1ccc(F)cc1. The van der Waals surface area contributed by atoms with Crippen LogP contribution < -0.4 is 11.1 Å². The lowest BCUT2D eigenvalue weighted by Gasteiger charge is -2.32. The van der Waals surface area contributed by atoms with Gasteiger partial charge in [-0.3, -0.25) is 4.79 Å². The van der Waals surface area contributed by atoms with Gasteiger partial charge in [0.15, 0.2) is 0 Å². The van der Waals surface area contributed by atoms with Gasteiger partial charge in [0.05, 0.1) is 0 Å². The zero-order valence-electron chi connectivity index (χ0n) is 11.6. The highest BCUT2D eigenvalue weighted by Crippen LogP contribution is 2.30. The molecule has 0 heterocycles. The lowest BCUT2D eigenvalue weighted by Crippen LogP contribution is -2.47. The molecular weight excluding hydrogens is 274 g/mol. The van der Waals surface area contributed by atoms with Gasteiger partial charge in [0, 0.05) is 5.69 Å². The maximum atomic E-state index is 13.3. The molecule has 0 aromatic heterocycles. The second kappa shape index (κ2) is 5.91. The van der Waals surface area contributed by atoms with Crippen LogP contribution in [0, 0.1) is 11.6 Å². The number of hydrogen-bond acceptors (Lipinski definition) is 2. The minimum Gasteiger partial charge on any atom is -0.368 e. The van der Waals surface area contributed by atoms with E-state index in [0.29, 0.717) is 17.7 Å². The third kappa shape index (κ3) is 3.02. The molecule has 21 heavy (non-hydrogen) atoms. The Bertz CT molecular complexity index is 643. The Labute approximate surface area is 121 Å². The standard InChI is InChI=1S/C16H16F2N2O/c1-2-16(15(19)21,11-6-8-12(17)9-7-11)20-14-5-3-4-13(18)10-14/h3-10,20H,2H2,1H3,(H2,19,21). The van der Waals surface area contributed by atoms with E-state index in [4.69, 9.17) is 5.73 Å². The highest BCUT2D eigenvalue weighted by Gasteiger charge is 2.36. The summed E-state index contributed by atoms with van der Waals surface area (Å²) in [4.78, 5) is 12.0. The van der Waals surface area contributed by atoms with Crippen molar-refractivity contribution >= 4 is 11.6 Å². The summed E-state index contributed by atoms with van der Waals surface area (Å²) in [5.41, 5.74) is 5.29. The van der Waals surface area contributed by atoms with Crippen molar-refractivity contribution in [1.29, 1.82) is 0 Å². The quantitative estimate of drug-likeness (QED) is 0.888. The molecule has 0 saturated carbocycles. The van der Waals surface area contributed by atoms with E-state index < -0.39 is 23.1 Å². The van der Waals surface area contributed by atoms with Crippen LogP contribution in [-0.4, -0.2) is 5.91 Å². The highest BCUT2D eigenvalue weighted by atomic mass is 19.1. The number of anilines is 1. The summed E-state index contributed by atoms with van der Waals surface area (Å²) in [6, 6.07) is 11.3. The molecule has 0 radical (unpaired) electrons. The molecule has 0 fully saturated rings. The van der Waals surface area contributed by atoms with Crippen molar-refractivity contribution in [1.82, 2.24) is 0 Å². The molecule has 0 aliphatic heterocycles. The second-order valence-corrected chi connectivity index (χ2v) is 4.77. The molecular formula is C16H16F2N2O. The summed E-state index contributed by atoms with van der Waals surface area (Å²) in [5.74, 6) is -1.44. The zero-order valence-corrected chi connectivity index (χ0v) is 11.6. The highest BCUT2D eigenvalue weighted by molar-refractivity contribution is 5.89. The maximum absolute atomic E-state index is 13.3. The number of benzene rings is 2. The summed E-state index contributed by atoms with van der Waals surface area (Å²) in [6.45, 7) is 1.78. The van der Waals surface area contributed by atoms with Crippen LogP contribution >= 0.6 is 0 Å². The summed E-state index contributed by atoms with van der Waals surface area (Å²) in [5, 5.41) is 2.98. The third-order valence-electron chi connectivity index (χ3n) is 3.47. The fraction of sp³-hybridized carbons (Fsp3) is 0.188. The largest absolute Gasteiger partial charge is 0.368 e. The smallest absolute Gasteiger partial charge is 0.247 e. The van der Waals surface area contributed by atoms with Crippen LogP contribution in [0.1, 0.15) is 18.9 Å². The first-order chi connectivity index (χ1) is 9.98. The van der Waals surface area contributed by atoms with Crippen LogP contribution in [0.2, 0.25) is 0 Å². The number of amides is 1. The van der Waals surface area contributed by atoms with Crippen LogP contribution in [0.15, 0.2) is 48.5 Å². The van der Waals surface area contributed by atoms with Gasteiger partial charge in [0.1, 0.15) is 17.2 Å². The number of carbonyl (C=O) groups is 1. The number of halogens is 2. The van der Waals surface area contributed by atoms with Crippen LogP contribution in [0.3, 0.4) is 0 Å². The van der Waals surface area contributed by atoms with Gasteiger partial charge in [-0.25, -0.2) is 8.78 Å². The number of nitrogens with one attached hydrogen (secondary N) is 1. The fourth-order valence-corrected chi connectivity index (χ4v) is 2.29. The molecule has 0 aliphatic carbocycles. The molecule has 3 nitrogen and oxygen atoms in total. The molecule has 1 amide bonds. The van der Waals surface area contributed by atoms with Gasteiger partial charge in [-0.15, -0.1) is 0 Å². The van der Waals surface area contributed by atoms with E-state index in [2.05, 4.69) is 5.32 Å². The van der Waals surface area contributed by atoms with Gasteiger partial charge in [-0.1, -0.05) is 25.1 Å². The molecule has 1 unspecified atom stereocenters. The first-order valence-electron chi connectivity index (χ1n) is 6.57. The number of primary amides is 1. The molecule has 0 spiro atoms. The van der Waals surface area contributed by atoms with Gasteiger partial charge in [-0.05, 0) is 42.3 Å². The first kappa shape index (κ1) is 15.0. The Morgan fingerprint density at radius 2 is 1.81 bits per heavy atom. The number of hydrogen-bond donors (Lipinski definition) is 2. The normalized spacial score (nSPS) is 13.5. The van der Waals surface area contributed by atoms with Crippen molar-refractivity contribution < 1.29 is 13.6 Å². The second-order valence-electron chi connectivity index (χ2n) is 4.77. The molecule has 2 rings (SSSR count). The van der Waals surface area contributed by atoms with Gasteiger partial charge in [0.2, 0.25) is 5.91 Å². The van der Waals surface area contributed by atoms with Crippen LogP contribution in [0.5, 0.6) is 0 Å². The lowest BCUT2D eigenvalue weighted by molar-refractivity contribution is -0.122. The average Bonchev–Trinajstić information content (AvgIpc) is 2.45. The Morgan fingerprint density at radius 1 is 1.14 bits per heavy atom. The minimum atomic E-state index is -1.22. The molecule has 0 saturated heterocycles.